The van der Waals surface area contributed by atoms with Gasteiger partial charge in [0.1, 0.15) is 6.10 Å². The van der Waals surface area contributed by atoms with Gasteiger partial charge >= 0.3 is 0 Å². The van der Waals surface area contributed by atoms with Gasteiger partial charge in [-0.05, 0) is 19.3 Å². The summed E-state index contributed by atoms with van der Waals surface area (Å²) in [6.07, 6.45) is 3.87. The summed E-state index contributed by atoms with van der Waals surface area (Å²) in [6.45, 7) is 2.44. The summed E-state index contributed by atoms with van der Waals surface area (Å²) in [5.41, 5.74) is 0. The fraction of sp³-hybridized carbons (Fsp3) is 1.00. The lowest BCUT2D eigenvalue weighted by Gasteiger charge is -2.22. The van der Waals surface area contributed by atoms with Crippen LogP contribution in [0.1, 0.15) is 19.3 Å². The maximum atomic E-state index is 5.46. The molecule has 0 N–H and O–H groups in total. The summed E-state index contributed by atoms with van der Waals surface area (Å²) in [5.74, 6) is 0. The average Bonchev–Trinajstić information content (AvgIpc) is 2.86. The van der Waals surface area contributed by atoms with Crippen LogP contribution in [0, 0.1) is 0 Å². The van der Waals surface area contributed by atoms with Gasteiger partial charge in [-0.1, -0.05) is 0 Å². The van der Waals surface area contributed by atoms with Crippen molar-refractivity contribution in [3.05, 3.63) is 0 Å². The summed E-state index contributed by atoms with van der Waals surface area (Å²) >= 11 is 0. The molecule has 0 radical (unpaired) electrons. The van der Waals surface area contributed by atoms with Crippen molar-refractivity contribution in [3.63, 3.8) is 0 Å². The van der Waals surface area contributed by atoms with E-state index < -0.39 is 0 Å². The van der Waals surface area contributed by atoms with Gasteiger partial charge in [-0.2, -0.15) is 0 Å². The Kier molecular flexibility index (Phi) is 2.41. The second-order valence-corrected chi connectivity index (χ2v) is 3.08. The van der Waals surface area contributed by atoms with E-state index in [9.17, 15) is 0 Å². The molecule has 0 aromatic heterocycles. The Balaban J connectivity index is 1.59. The van der Waals surface area contributed by atoms with Crippen LogP contribution in [0.15, 0.2) is 0 Å². The molecule has 0 amide bonds. The molecule has 11 heavy (non-hydrogen) atoms. The van der Waals surface area contributed by atoms with Crippen LogP contribution in [0.5, 0.6) is 0 Å². The van der Waals surface area contributed by atoms with Crippen LogP contribution in [-0.2, 0) is 14.2 Å². The third-order valence-electron chi connectivity index (χ3n) is 2.01. The number of rotatable bonds is 3. The Bertz CT molecular complexity index is 117. The Morgan fingerprint density at radius 3 is 2.82 bits per heavy atom. The molecule has 2 heterocycles. The molecule has 0 aromatic carbocycles. The summed E-state index contributed by atoms with van der Waals surface area (Å²) in [4.78, 5) is 0. The topological polar surface area (TPSA) is 31.0 Å². The fourth-order valence-corrected chi connectivity index (χ4v) is 1.22. The van der Waals surface area contributed by atoms with Gasteiger partial charge in [0.05, 0.1) is 13.2 Å². The van der Waals surface area contributed by atoms with Gasteiger partial charge in [0.2, 0.25) is 0 Å². The summed E-state index contributed by atoms with van der Waals surface area (Å²) < 4.78 is 15.9. The smallest absolute Gasteiger partial charge is 0.157 e. The molecule has 0 saturated carbocycles. The third-order valence-corrected chi connectivity index (χ3v) is 2.01. The van der Waals surface area contributed by atoms with Gasteiger partial charge in [0.15, 0.2) is 6.29 Å². The number of hydrogen-bond donors (Lipinski definition) is 0. The van der Waals surface area contributed by atoms with Gasteiger partial charge in [-0.25, -0.2) is 0 Å². The molecule has 0 aliphatic carbocycles. The van der Waals surface area contributed by atoms with Crippen molar-refractivity contribution >= 4 is 0 Å². The monoisotopic (exact) mass is 158 g/mol. The molecule has 3 heteroatoms. The maximum Gasteiger partial charge on any atom is 0.157 e. The van der Waals surface area contributed by atoms with E-state index in [0.29, 0.717) is 12.7 Å². The zero-order valence-electron chi connectivity index (χ0n) is 6.62. The fourth-order valence-electron chi connectivity index (χ4n) is 1.22. The van der Waals surface area contributed by atoms with Crippen LogP contribution in [0.2, 0.25) is 0 Å². The van der Waals surface area contributed by atoms with Crippen LogP contribution in [0.25, 0.3) is 0 Å². The molecule has 0 unspecified atom stereocenters. The molecule has 2 aliphatic heterocycles. The minimum Gasteiger partial charge on any atom is -0.371 e. The van der Waals surface area contributed by atoms with Crippen LogP contribution in [0.4, 0.5) is 0 Å². The van der Waals surface area contributed by atoms with Gasteiger partial charge in [0.25, 0.3) is 0 Å². The van der Waals surface area contributed by atoms with E-state index in [0.717, 1.165) is 19.6 Å². The molecule has 2 saturated heterocycles. The molecule has 0 aromatic rings. The minimum absolute atomic E-state index is 0.0490. The highest BCUT2D eigenvalue weighted by atomic mass is 16.7. The summed E-state index contributed by atoms with van der Waals surface area (Å²) in [6, 6.07) is 0. The highest BCUT2D eigenvalue weighted by Gasteiger charge is 2.25. The molecule has 64 valence electrons. The van der Waals surface area contributed by atoms with Crippen molar-refractivity contribution < 1.29 is 14.2 Å². The molecule has 2 aliphatic rings. The van der Waals surface area contributed by atoms with Gasteiger partial charge in [-0.3, -0.25) is 0 Å². The maximum absolute atomic E-state index is 5.46. The highest BCUT2D eigenvalue weighted by Crippen LogP contribution is 2.16. The van der Waals surface area contributed by atoms with E-state index in [-0.39, 0.29) is 6.29 Å². The van der Waals surface area contributed by atoms with Crippen molar-refractivity contribution in [2.45, 2.75) is 31.7 Å². The van der Waals surface area contributed by atoms with Crippen molar-refractivity contribution in [2.75, 3.05) is 19.8 Å². The predicted molar refractivity (Wildman–Crippen MR) is 39.3 cm³/mol. The number of hydrogen-bond acceptors (Lipinski definition) is 3. The molecule has 2 rings (SSSR count). The van der Waals surface area contributed by atoms with E-state index in [1.165, 1.54) is 12.8 Å². The quantitative estimate of drug-likeness (QED) is 0.572. The highest BCUT2D eigenvalue weighted by molar-refractivity contribution is 4.68. The van der Waals surface area contributed by atoms with E-state index in [1.54, 1.807) is 0 Å². The first-order valence-electron chi connectivity index (χ1n) is 4.30. The first-order chi connectivity index (χ1) is 5.45. The average molecular weight is 158 g/mol. The Morgan fingerprint density at radius 1 is 1.27 bits per heavy atom. The Labute approximate surface area is 66.6 Å². The van der Waals surface area contributed by atoms with Gasteiger partial charge in [0, 0.05) is 6.61 Å². The molecule has 2 atom stereocenters. The first kappa shape index (κ1) is 7.53. The van der Waals surface area contributed by atoms with Gasteiger partial charge < -0.3 is 14.2 Å². The molecular formula is C8H14O3. The molecular weight excluding hydrogens is 144 g/mol. The predicted octanol–water partition coefficient (Wildman–Crippen LogP) is 0.928. The van der Waals surface area contributed by atoms with E-state index in [1.807, 2.05) is 0 Å². The Hall–Kier alpha value is -0.120. The van der Waals surface area contributed by atoms with Crippen molar-refractivity contribution in [1.82, 2.24) is 0 Å². The Morgan fingerprint density at radius 2 is 2.18 bits per heavy atom. The lowest BCUT2D eigenvalue weighted by atomic mass is 10.2. The third kappa shape index (κ3) is 2.43. The number of epoxide rings is 1. The van der Waals surface area contributed by atoms with E-state index >= 15 is 0 Å². The van der Waals surface area contributed by atoms with Crippen LogP contribution in [0.3, 0.4) is 0 Å². The zero-order chi connectivity index (χ0) is 7.52. The van der Waals surface area contributed by atoms with Crippen LogP contribution >= 0.6 is 0 Å². The molecule has 3 nitrogen and oxygen atoms in total. The standard InChI is InChI=1S/C8H14O3/c1-2-4-9-8(3-1)11-6-7-5-10-7/h7-8H,1-6H2/t7-,8-/m0/s1. The lowest BCUT2D eigenvalue weighted by Crippen LogP contribution is -2.23. The second-order valence-electron chi connectivity index (χ2n) is 3.08. The SMILES string of the molecule is C1CC[C@H](OC[C@@H]2CO2)OC1. The van der Waals surface area contributed by atoms with Crippen LogP contribution < -0.4 is 0 Å². The second kappa shape index (κ2) is 3.52. The lowest BCUT2D eigenvalue weighted by molar-refractivity contribution is -0.164. The summed E-state index contributed by atoms with van der Waals surface area (Å²) in [5, 5.41) is 0. The molecule has 0 bridgehead atoms. The van der Waals surface area contributed by atoms with Gasteiger partial charge in [-0.15, -0.1) is 0 Å². The number of ether oxygens (including phenoxy) is 3. The zero-order valence-corrected chi connectivity index (χ0v) is 6.62. The first-order valence-corrected chi connectivity index (χ1v) is 4.30. The van der Waals surface area contributed by atoms with Crippen molar-refractivity contribution in [3.8, 4) is 0 Å². The normalized spacial score (nSPS) is 37.1. The van der Waals surface area contributed by atoms with Crippen molar-refractivity contribution in [2.24, 2.45) is 0 Å². The van der Waals surface area contributed by atoms with E-state index in [4.69, 9.17) is 14.2 Å². The molecule has 2 fully saturated rings. The summed E-state index contributed by atoms with van der Waals surface area (Å²) in [7, 11) is 0. The minimum atomic E-state index is 0.0490. The largest absolute Gasteiger partial charge is 0.371 e. The van der Waals surface area contributed by atoms with E-state index in [2.05, 4.69) is 0 Å². The van der Waals surface area contributed by atoms with Crippen molar-refractivity contribution in [1.29, 1.82) is 0 Å². The molecule has 0 spiro atoms. The van der Waals surface area contributed by atoms with Crippen LogP contribution in [-0.4, -0.2) is 32.2 Å².